The molecule has 1 amide bonds. The van der Waals surface area contributed by atoms with Gasteiger partial charge in [0.2, 0.25) is 0 Å². The van der Waals surface area contributed by atoms with Crippen LogP contribution in [0.1, 0.15) is 25.3 Å². The number of para-hydroxylation sites is 1. The maximum Gasteiger partial charge on any atom is 0.309 e. The monoisotopic (exact) mass is 517 g/mol. The van der Waals surface area contributed by atoms with Gasteiger partial charge in [0, 0.05) is 22.2 Å². The minimum Gasteiger partial charge on any atom is -0.466 e. The van der Waals surface area contributed by atoms with Crippen LogP contribution in [0.5, 0.6) is 0 Å². The second-order valence-corrected chi connectivity index (χ2v) is 8.72. The zero-order valence-corrected chi connectivity index (χ0v) is 19.0. The van der Waals surface area contributed by atoms with E-state index in [4.69, 9.17) is 4.74 Å². The van der Waals surface area contributed by atoms with E-state index in [2.05, 4.69) is 32.5 Å². The summed E-state index contributed by atoms with van der Waals surface area (Å²) in [6.45, 7) is 4.27. The van der Waals surface area contributed by atoms with Gasteiger partial charge in [0.05, 0.1) is 30.6 Å². The molecule has 0 N–H and O–H groups in total. The van der Waals surface area contributed by atoms with Gasteiger partial charge in [-0.2, -0.15) is 0 Å². The third kappa shape index (κ3) is 4.41. The molecule has 0 unspecified atom stereocenters. The molecule has 2 heterocycles. The van der Waals surface area contributed by atoms with Crippen molar-refractivity contribution in [1.29, 1.82) is 0 Å². The van der Waals surface area contributed by atoms with Crippen molar-refractivity contribution in [3.8, 4) is 0 Å². The van der Waals surface area contributed by atoms with Crippen molar-refractivity contribution in [3.05, 3.63) is 57.7 Å². The van der Waals surface area contributed by atoms with Crippen LogP contribution in [0.2, 0.25) is 0 Å². The molecule has 0 aliphatic carbocycles. The highest BCUT2D eigenvalue weighted by atomic mass is 127. The first-order valence-electron chi connectivity index (χ1n) is 10.2. The Morgan fingerprint density at radius 1 is 1.13 bits per heavy atom. The molecule has 0 radical (unpaired) electrons. The number of amides is 1. The average molecular weight is 517 g/mol. The van der Waals surface area contributed by atoms with Gasteiger partial charge in [-0.15, -0.1) is 0 Å². The number of rotatable bonds is 5. The molecule has 0 atom stereocenters. The highest BCUT2D eigenvalue weighted by Gasteiger charge is 2.36. The molecule has 30 heavy (non-hydrogen) atoms. The molecule has 4 rings (SSSR count). The van der Waals surface area contributed by atoms with Gasteiger partial charge in [0.15, 0.2) is 0 Å². The Morgan fingerprint density at radius 2 is 1.83 bits per heavy atom. The summed E-state index contributed by atoms with van der Waals surface area (Å²) in [5.74, 6) is -0.227. The molecular formula is C23H24IN3O3. The Bertz CT molecular complexity index is 966. The van der Waals surface area contributed by atoms with Crippen molar-refractivity contribution < 1.29 is 14.3 Å². The third-order valence-electron chi connectivity index (χ3n) is 5.51. The number of anilines is 1. The molecule has 6 nitrogen and oxygen atoms in total. The summed E-state index contributed by atoms with van der Waals surface area (Å²) in [6.07, 6.45) is 1.51. The van der Waals surface area contributed by atoms with E-state index in [0.29, 0.717) is 19.0 Å². The first kappa shape index (κ1) is 21.0. The molecule has 0 spiro atoms. The van der Waals surface area contributed by atoms with E-state index >= 15 is 0 Å². The lowest BCUT2D eigenvalue weighted by atomic mass is 9.97. The van der Waals surface area contributed by atoms with Crippen LogP contribution in [-0.2, 0) is 14.3 Å². The fourth-order valence-corrected chi connectivity index (χ4v) is 4.28. The molecule has 2 aliphatic heterocycles. The zero-order chi connectivity index (χ0) is 21.1. The van der Waals surface area contributed by atoms with E-state index in [1.807, 2.05) is 55.5 Å². The van der Waals surface area contributed by atoms with Crippen LogP contribution in [0.4, 0.5) is 11.4 Å². The Labute approximate surface area is 190 Å². The van der Waals surface area contributed by atoms with Crippen LogP contribution in [0, 0.1) is 9.49 Å². The SMILES string of the molecule is CCOC(=O)C1CCN(CN2C(=O)C(=Nc3ccc(I)cc3)c3ccccc32)CC1. The van der Waals surface area contributed by atoms with E-state index in [1.165, 1.54) is 0 Å². The van der Waals surface area contributed by atoms with Gasteiger partial charge in [-0.1, -0.05) is 18.2 Å². The van der Waals surface area contributed by atoms with Crippen LogP contribution >= 0.6 is 22.6 Å². The minimum atomic E-state index is -0.105. The van der Waals surface area contributed by atoms with Crippen molar-refractivity contribution in [2.24, 2.45) is 10.9 Å². The zero-order valence-electron chi connectivity index (χ0n) is 16.9. The number of ether oxygens (including phenoxy) is 1. The number of carbonyl (C=O) groups excluding carboxylic acids is 2. The van der Waals surface area contributed by atoms with E-state index in [1.54, 1.807) is 4.90 Å². The fourth-order valence-electron chi connectivity index (χ4n) is 3.93. The second-order valence-electron chi connectivity index (χ2n) is 7.47. The summed E-state index contributed by atoms with van der Waals surface area (Å²) in [5.41, 5.74) is 3.00. The Morgan fingerprint density at radius 3 is 2.53 bits per heavy atom. The molecule has 0 bridgehead atoms. The molecule has 156 valence electrons. The van der Waals surface area contributed by atoms with Crippen LogP contribution in [0.25, 0.3) is 0 Å². The number of benzene rings is 2. The van der Waals surface area contributed by atoms with Gasteiger partial charge in [-0.05, 0) is 72.7 Å². The molecule has 2 aromatic rings. The minimum absolute atomic E-state index is 0.0410. The lowest BCUT2D eigenvalue weighted by Crippen LogP contribution is -2.45. The number of carbonyl (C=O) groups is 2. The average Bonchev–Trinajstić information content (AvgIpc) is 3.02. The quantitative estimate of drug-likeness (QED) is 0.445. The standard InChI is InChI=1S/C23H24IN3O3/c1-2-30-23(29)16-11-13-26(14-12-16)15-27-20-6-4-3-5-19(20)21(22(27)28)25-18-9-7-17(24)8-10-18/h3-10,16H,2,11-15H2,1H3. The summed E-state index contributed by atoms with van der Waals surface area (Å²) in [7, 11) is 0. The summed E-state index contributed by atoms with van der Waals surface area (Å²) < 4.78 is 6.28. The fraction of sp³-hybridized carbons (Fsp3) is 0.348. The van der Waals surface area contributed by atoms with Crippen LogP contribution < -0.4 is 4.90 Å². The number of halogens is 1. The van der Waals surface area contributed by atoms with Gasteiger partial charge in [0.1, 0.15) is 5.71 Å². The molecule has 1 fully saturated rings. The van der Waals surface area contributed by atoms with Crippen molar-refractivity contribution >= 4 is 51.6 Å². The molecule has 0 aromatic heterocycles. The molecule has 2 aromatic carbocycles. The largest absolute Gasteiger partial charge is 0.466 e. The molecule has 0 saturated carbocycles. The van der Waals surface area contributed by atoms with Gasteiger partial charge >= 0.3 is 5.97 Å². The molecule has 7 heteroatoms. The number of likely N-dealkylation sites (tertiary alicyclic amines) is 1. The topological polar surface area (TPSA) is 62.2 Å². The number of nitrogens with zero attached hydrogens (tertiary/aromatic N) is 3. The van der Waals surface area contributed by atoms with Crippen LogP contribution in [0.3, 0.4) is 0 Å². The number of aliphatic imine (C=N–C) groups is 1. The summed E-state index contributed by atoms with van der Waals surface area (Å²) in [5, 5.41) is 0. The number of piperidine rings is 1. The normalized spacial score (nSPS) is 18.7. The van der Waals surface area contributed by atoms with Crippen molar-refractivity contribution in [3.63, 3.8) is 0 Å². The summed E-state index contributed by atoms with van der Waals surface area (Å²) in [4.78, 5) is 33.9. The van der Waals surface area contributed by atoms with Gasteiger partial charge in [-0.3, -0.25) is 19.4 Å². The maximum atomic E-state index is 13.3. The molecular weight excluding hydrogens is 493 g/mol. The van der Waals surface area contributed by atoms with Crippen molar-refractivity contribution in [2.45, 2.75) is 19.8 Å². The highest BCUT2D eigenvalue weighted by molar-refractivity contribution is 14.1. The Kier molecular flexibility index (Phi) is 6.48. The second kappa shape index (κ2) is 9.26. The Hall–Kier alpha value is -2.26. The first-order chi connectivity index (χ1) is 14.6. The lowest BCUT2D eigenvalue weighted by molar-refractivity contribution is -0.149. The van der Waals surface area contributed by atoms with E-state index < -0.39 is 0 Å². The summed E-state index contributed by atoms with van der Waals surface area (Å²) in [6, 6.07) is 15.6. The molecule has 1 saturated heterocycles. The number of esters is 1. The van der Waals surface area contributed by atoms with Crippen molar-refractivity contribution in [1.82, 2.24) is 4.90 Å². The van der Waals surface area contributed by atoms with E-state index in [9.17, 15) is 9.59 Å². The number of fused-ring (bicyclic) bond motifs is 1. The van der Waals surface area contributed by atoms with Crippen LogP contribution in [0.15, 0.2) is 53.5 Å². The predicted molar refractivity (Wildman–Crippen MR) is 125 cm³/mol. The smallest absolute Gasteiger partial charge is 0.309 e. The number of hydrogen-bond donors (Lipinski definition) is 0. The lowest BCUT2D eigenvalue weighted by Gasteiger charge is -2.33. The third-order valence-corrected chi connectivity index (χ3v) is 6.23. The van der Waals surface area contributed by atoms with Gasteiger partial charge in [0.25, 0.3) is 5.91 Å². The Balaban J connectivity index is 1.50. The first-order valence-corrected chi connectivity index (χ1v) is 11.3. The van der Waals surface area contributed by atoms with Gasteiger partial charge < -0.3 is 4.74 Å². The maximum absolute atomic E-state index is 13.3. The molecule has 2 aliphatic rings. The highest BCUT2D eigenvalue weighted by Crippen LogP contribution is 2.31. The predicted octanol–water partition coefficient (Wildman–Crippen LogP) is 3.99. The number of hydrogen-bond acceptors (Lipinski definition) is 5. The van der Waals surface area contributed by atoms with Crippen LogP contribution in [-0.4, -0.2) is 48.9 Å². The van der Waals surface area contributed by atoms with E-state index in [-0.39, 0.29) is 17.8 Å². The summed E-state index contributed by atoms with van der Waals surface area (Å²) >= 11 is 2.25. The van der Waals surface area contributed by atoms with E-state index in [0.717, 1.165) is 46.4 Å². The van der Waals surface area contributed by atoms with Crippen molar-refractivity contribution in [2.75, 3.05) is 31.3 Å². The van der Waals surface area contributed by atoms with Gasteiger partial charge in [-0.25, -0.2) is 4.99 Å².